The molecule has 2 nitrogen and oxygen atoms in total. The molecule has 0 saturated heterocycles. The Hall–Kier alpha value is -1.07. The summed E-state index contributed by atoms with van der Waals surface area (Å²) in [6, 6.07) is 5.09. The number of alkyl halides is 3. The Morgan fingerprint density at radius 3 is 2.50 bits per heavy atom. The molecule has 18 heavy (non-hydrogen) atoms. The lowest BCUT2D eigenvalue weighted by Gasteiger charge is -2.23. The molecule has 1 aromatic rings. The maximum absolute atomic E-state index is 12.5. The van der Waals surface area contributed by atoms with Crippen LogP contribution in [0.3, 0.4) is 0 Å². The van der Waals surface area contributed by atoms with E-state index >= 15 is 0 Å². The Bertz CT molecular complexity index is 388. The highest BCUT2D eigenvalue weighted by atomic mass is 19.4. The fourth-order valence-electron chi connectivity index (χ4n) is 1.78. The molecule has 0 radical (unpaired) electrons. The second-order valence-corrected chi connectivity index (χ2v) is 4.73. The van der Waals surface area contributed by atoms with Crippen molar-refractivity contribution in [1.82, 2.24) is 5.32 Å². The molecule has 0 aliphatic rings. The summed E-state index contributed by atoms with van der Waals surface area (Å²) in [6.45, 7) is 2.25. The topological polar surface area (TPSA) is 32.3 Å². The van der Waals surface area contributed by atoms with E-state index in [1.54, 1.807) is 20.0 Å². The van der Waals surface area contributed by atoms with E-state index in [4.69, 9.17) is 0 Å². The molecular formula is C13H18F3NO. The zero-order valence-corrected chi connectivity index (χ0v) is 10.5. The van der Waals surface area contributed by atoms with Crippen molar-refractivity contribution in [3.8, 4) is 0 Å². The fraction of sp³-hybridized carbons (Fsp3) is 0.538. The van der Waals surface area contributed by atoms with Crippen LogP contribution in [0.5, 0.6) is 0 Å². The Morgan fingerprint density at radius 2 is 1.94 bits per heavy atom. The zero-order valence-electron chi connectivity index (χ0n) is 10.5. The van der Waals surface area contributed by atoms with E-state index in [-0.39, 0.29) is 6.42 Å². The molecule has 0 saturated carbocycles. The van der Waals surface area contributed by atoms with Crippen molar-refractivity contribution in [2.75, 3.05) is 13.6 Å². The van der Waals surface area contributed by atoms with Gasteiger partial charge in [0, 0.05) is 6.42 Å². The number of hydrogen-bond acceptors (Lipinski definition) is 2. The van der Waals surface area contributed by atoms with E-state index in [0.29, 0.717) is 18.5 Å². The molecule has 0 aliphatic carbocycles. The van der Waals surface area contributed by atoms with Crippen LogP contribution in [0.15, 0.2) is 24.3 Å². The number of benzene rings is 1. The SMILES string of the molecule is CNCCC(C)(O)Cc1cccc(C(F)(F)F)c1. The number of halogens is 3. The molecule has 0 fully saturated rings. The van der Waals surface area contributed by atoms with Gasteiger partial charge in [0.1, 0.15) is 0 Å². The monoisotopic (exact) mass is 261 g/mol. The van der Waals surface area contributed by atoms with Gasteiger partial charge in [-0.2, -0.15) is 13.2 Å². The second kappa shape index (κ2) is 5.71. The largest absolute Gasteiger partial charge is 0.416 e. The van der Waals surface area contributed by atoms with E-state index in [1.165, 1.54) is 6.07 Å². The van der Waals surface area contributed by atoms with Gasteiger partial charge < -0.3 is 10.4 Å². The molecule has 0 amide bonds. The van der Waals surface area contributed by atoms with Crippen molar-refractivity contribution in [1.29, 1.82) is 0 Å². The Labute approximate surface area is 105 Å². The number of nitrogens with one attached hydrogen (secondary N) is 1. The van der Waals surface area contributed by atoms with Gasteiger partial charge in [-0.05, 0) is 38.6 Å². The van der Waals surface area contributed by atoms with Crippen LogP contribution in [0.25, 0.3) is 0 Å². The Balaban J connectivity index is 2.79. The second-order valence-electron chi connectivity index (χ2n) is 4.73. The molecule has 5 heteroatoms. The third kappa shape index (κ3) is 4.66. The standard InChI is InChI=1S/C13H18F3NO/c1-12(18,6-7-17-2)9-10-4-3-5-11(8-10)13(14,15)16/h3-5,8,17-18H,6-7,9H2,1-2H3. The van der Waals surface area contributed by atoms with Gasteiger partial charge in [-0.1, -0.05) is 18.2 Å². The van der Waals surface area contributed by atoms with E-state index in [9.17, 15) is 18.3 Å². The molecule has 0 heterocycles. The Morgan fingerprint density at radius 1 is 1.28 bits per heavy atom. The number of aliphatic hydroxyl groups is 1. The maximum Gasteiger partial charge on any atom is 0.416 e. The summed E-state index contributed by atoms with van der Waals surface area (Å²) >= 11 is 0. The third-order valence-electron chi connectivity index (χ3n) is 2.75. The molecule has 0 spiro atoms. The van der Waals surface area contributed by atoms with Crippen LogP contribution in [-0.2, 0) is 12.6 Å². The highest BCUT2D eigenvalue weighted by Crippen LogP contribution is 2.30. The first kappa shape index (κ1) is 15.0. The van der Waals surface area contributed by atoms with Crippen molar-refractivity contribution in [2.24, 2.45) is 0 Å². The Kier molecular flexibility index (Phi) is 4.76. The van der Waals surface area contributed by atoms with E-state index in [1.807, 2.05) is 0 Å². The van der Waals surface area contributed by atoms with Crippen molar-refractivity contribution in [2.45, 2.75) is 31.5 Å². The molecular weight excluding hydrogens is 243 g/mol. The van der Waals surface area contributed by atoms with Gasteiger partial charge in [-0.25, -0.2) is 0 Å². The normalized spacial score (nSPS) is 15.4. The summed E-state index contributed by atoms with van der Waals surface area (Å²) in [5.41, 5.74) is -1.19. The highest BCUT2D eigenvalue weighted by Gasteiger charge is 2.31. The summed E-state index contributed by atoms with van der Waals surface area (Å²) in [6.07, 6.45) is -3.65. The predicted molar refractivity (Wildman–Crippen MR) is 64.3 cm³/mol. The lowest BCUT2D eigenvalue weighted by Crippen LogP contribution is -2.31. The molecule has 0 bridgehead atoms. The average molecular weight is 261 g/mol. The van der Waals surface area contributed by atoms with Crippen LogP contribution in [0.4, 0.5) is 13.2 Å². The predicted octanol–water partition coefficient (Wildman–Crippen LogP) is 2.61. The van der Waals surface area contributed by atoms with Gasteiger partial charge in [0.2, 0.25) is 0 Å². The quantitative estimate of drug-likeness (QED) is 0.854. The van der Waals surface area contributed by atoms with Crippen LogP contribution in [0.2, 0.25) is 0 Å². The summed E-state index contributed by atoms with van der Waals surface area (Å²) in [4.78, 5) is 0. The molecule has 2 N–H and O–H groups in total. The van der Waals surface area contributed by atoms with Crippen molar-refractivity contribution in [3.63, 3.8) is 0 Å². The molecule has 0 aromatic heterocycles. The summed E-state index contributed by atoms with van der Waals surface area (Å²) in [5.74, 6) is 0. The molecule has 102 valence electrons. The lowest BCUT2D eigenvalue weighted by atomic mass is 9.92. The van der Waals surface area contributed by atoms with Gasteiger partial charge in [-0.15, -0.1) is 0 Å². The van der Waals surface area contributed by atoms with Gasteiger partial charge in [0.15, 0.2) is 0 Å². The van der Waals surface area contributed by atoms with Gasteiger partial charge in [0.25, 0.3) is 0 Å². The van der Waals surface area contributed by atoms with Crippen LogP contribution < -0.4 is 5.32 Å². The molecule has 0 aliphatic heterocycles. The minimum atomic E-state index is -4.34. The number of hydrogen-bond donors (Lipinski definition) is 2. The summed E-state index contributed by atoms with van der Waals surface area (Å²) in [7, 11) is 1.76. The minimum Gasteiger partial charge on any atom is -0.390 e. The summed E-state index contributed by atoms with van der Waals surface area (Å²) in [5, 5.41) is 13.0. The van der Waals surface area contributed by atoms with Gasteiger partial charge in [0.05, 0.1) is 11.2 Å². The molecule has 1 aromatic carbocycles. The lowest BCUT2D eigenvalue weighted by molar-refractivity contribution is -0.137. The van der Waals surface area contributed by atoms with Crippen LogP contribution >= 0.6 is 0 Å². The number of rotatable bonds is 5. The zero-order chi connectivity index (χ0) is 13.8. The third-order valence-corrected chi connectivity index (χ3v) is 2.75. The van der Waals surface area contributed by atoms with Crippen LogP contribution in [0.1, 0.15) is 24.5 Å². The molecule has 1 atom stereocenters. The van der Waals surface area contributed by atoms with Crippen molar-refractivity contribution < 1.29 is 18.3 Å². The molecule has 1 rings (SSSR count). The van der Waals surface area contributed by atoms with Crippen molar-refractivity contribution >= 4 is 0 Å². The van der Waals surface area contributed by atoms with Gasteiger partial charge in [-0.3, -0.25) is 0 Å². The fourth-order valence-corrected chi connectivity index (χ4v) is 1.78. The highest BCUT2D eigenvalue weighted by molar-refractivity contribution is 5.26. The van der Waals surface area contributed by atoms with Crippen LogP contribution in [0, 0.1) is 0 Å². The van der Waals surface area contributed by atoms with E-state index in [2.05, 4.69) is 5.32 Å². The summed E-state index contributed by atoms with van der Waals surface area (Å²) < 4.78 is 37.6. The first-order chi connectivity index (χ1) is 8.24. The minimum absolute atomic E-state index is 0.207. The van der Waals surface area contributed by atoms with E-state index in [0.717, 1.165) is 12.1 Å². The first-order valence-corrected chi connectivity index (χ1v) is 5.78. The average Bonchev–Trinajstić information content (AvgIpc) is 2.25. The maximum atomic E-state index is 12.5. The van der Waals surface area contributed by atoms with Crippen LogP contribution in [-0.4, -0.2) is 24.3 Å². The van der Waals surface area contributed by atoms with Gasteiger partial charge >= 0.3 is 6.18 Å². The van der Waals surface area contributed by atoms with E-state index < -0.39 is 17.3 Å². The smallest absolute Gasteiger partial charge is 0.390 e. The molecule has 1 unspecified atom stereocenters. The van der Waals surface area contributed by atoms with Crippen molar-refractivity contribution in [3.05, 3.63) is 35.4 Å². The first-order valence-electron chi connectivity index (χ1n) is 5.78.